The third-order valence-electron chi connectivity index (χ3n) is 3.59. The standard InChI is InChI=1S/C14H19ClN2O/c1-10(18)13-5-4-11(8-14(13)15)17-7-6-12(9-17)16(2)3/h4-5,8,12H,6-7,9H2,1-3H3. The zero-order chi connectivity index (χ0) is 13.3. The first-order chi connectivity index (χ1) is 8.49. The Labute approximate surface area is 113 Å². The van der Waals surface area contributed by atoms with Gasteiger partial charge in [0.15, 0.2) is 5.78 Å². The number of Topliss-reactive ketones (excluding diaryl/α,β-unsaturated/α-hetero) is 1. The highest BCUT2D eigenvalue weighted by Gasteiger charge is 2.24. The van der Waals surface area contributed by atoms with Crippen LogP contribution in [0.3, 0.4) is 0 Å². The average Bonchev–Trinajstić information content (AvgIpc) is 2.77. The van der Waals surface area contributed by atoms with E-state index in [0.717, 1.165) is 18.8 Å². The van der Waals surface area contributed by atoms with Gasteiger partial charge in [0.25, 0.3) is 0 Å². The highest BCUT2D eigenvalue weighted by Crippen LogP contribution is 2.27. The molecule has 18 heavy (non-hydrogen) atoms. The van der Waals surface area contributed by atoms with Gasteiger partial charge in [0.2, 0.25) is 0 Å². The molecule has 1 aromatic carbocycles. The van der Waals surface area contributed by atoms with Crippen molar-refractivity contribution in [2.24, 2.45) is 0 Å². The Bertz CT molecular complexity index is 459. The number of anilines is 1. The van der Waals surface area contributed by atoms with E-state index in [1.165, 1.54) is 6.42 Å². The lowest BCUT2D eigenvalue weighted by Gasteiger charge is -2.22. The third-order valence-corrected chi connectivity index (χ3v) is 3.90. The molecule has 0 spiro atoms. The van der Waals surface area contributed by atoms with E-state index in [2.05, 4.69) is 23.9 Å². The molecule has 0 bridgehead atoms. The topological polar surface area (TPSA) is 23.6 Å². The fraction of sp³-hybridized carbons (Fsp3) is 0.500. The van der Waals surface area contributed by atoms with Crippen molar-refractivity contribution in [3.8, 4) is 0 Å². The number of benzene rings is 1. The molecule has 1 atom stereocenters. The largest absolute Gasteiger partial charge is 0.370 e. The number of carbonyl (C=O) groups excluding carboxylic acids is 1. The maximum atomic E-state index is 11.3. The van der Waals surface area contributed by atoms with Gasteiger partial charge in [-0.05, 0) is 45.6 Å². The van der Waals surface area contributed by atoms with Crippen molar-refractivity contribution in [3.05, 3.63) is 28.8 Å². The van der Waals surface area contributed by atoms with Crippen molar-refractivity contribution < 1.29 is 4.79 Å². The molecule has 1 aliphatic rings. The average molecular weight is 267 g/mol. The van der Waals surface area contributed by atoms with Crippen LogP contribution in [0.1, 0.15) is 23.7 Å². The van der Waals surface area contributed by atoms with Crippen LogP contribution in [0.4, 0.5) is 5.69 Å². The molecule has 1 aromatic rings. The van der Waals surface area contributed by atoms with E-state index in [9.17, 15) is 4.79 Å². The lowest BCUT2D eigenvalue weighted by atomic mass is 10.1. The second kappa shape index (κ2) is 5.29. The highest BCUT2D eigenvalue weighted by molar-refractivity contribution is 6.34. The Balaban J connectivity index is 2.16. The molecule has 98 valence electrons. The number of hydrogen-bond donors (Lipinski definition) is 0. The summed E-state index contributed by atoms with van der Waals surface area (Å²) in [4.78, 5) is 15.9. The molecular formula is C14H19ClN2O. The normalized spacial score (nSPS) is 19.6. The van der Waals surface area contributed by atoms with Crippen molar-refractivity contribution in [2.75, 3.05) is 32.1 Å². The molecule has 3 nitrogen and oxygen atoms in total. The molecule has 0 saturated carbocycles. The molecular weight excluding hydrogens is 248 g/mol. The lowest BCUT2D eigenvalue weighted by molar-refractivity contribution is 0.101. The number of nitrogens with zero attached hydrogens (tertiary/aromatic N) is 2. The summed E-state index contributed by atoms with van der Waals surface area (Å²) in [6.07, 6.45) is 1.17. The first kappa shape index (κ1) is 13.4. The number of carbonyl (C=O) groups is 1. The van der Waals surface area contributed by atoms with Crippen molar-refractivity contribution in [3.63, 3.8) is 0 Å². The predicted octanol–water partition coefficient (Wildman–Crippen LogP) is 2.68. The first-order valence-corrected chi connectivity index (χ1v) is 6.58. The van der Waals surface area contributed by atoms with Gasteiger partial charge in [0.05, 0.1) is 5.02 Å². The molecule has 1 heterocycles. The van der Waals surface area contributed by atoms with Gasteiger partial charge in [-0.1, -0.05) is 11.6 Å². The maximum absolute atomic E-state index is 11.3. The van der Waals surface area contributed by atoms with Crippen LogP contribution in [0.5, 0.6) is 0 Å². The van der Waals surface area contributed by atoms with E-state index >= 15 is 0 Å². The SMILES string of the molecule is CC(=O)c1ccc(N2CCC(N(C)C)C2)cc1Cl. The van der Waals surface area contributed by atoms with Crippen molar-refractivity contribution in [1.29, 1.82) is 0 Å². The van der Waals surface area contributed by atoms with Crippen LogP contribution >= 0.6 is 11.6 Å². The van der Waals surface area contributed by atoms with Crippen LogP contribution in [-0.4, -0.2) is 43.9 Å². The minimum Gasteiger partial charge on any atom is -0.370 e. The number of likely N-dealkylation sites (N-methyl/N-ethyl adjacent to an activating group) is 1. The fourth-order valence-corrected chi connectivity index (χ4v) is 2.69. The molecule has 0 N–H and O–H groups in total. The van der Waals surface area contributed by atoms with Gasteiger partial charge in [-0.2, -0.15) is 0 Å². The zero-order valence-corrected chi connectivity index (χ0v) is 11.9. The minimum absolute atomic E-state index is 0.0131. The van der Waals surface area contributed by atoms with Crippen molar-refractivity contribution in [1.82, 2.24) is 4.90 Å². The molecule has 2 rings (SSSR count). The van der Waals surface area contributed by atoms with Crippen LogP contribution in [0.2, 0.25) is 5.02 Å². The van der Waals surface area contributed by atoms with Crippen molar-refractivity contribution >= 4 is 23.1 Å². The molecule has 1 unspecified atom stereocenters. The van der Waals surface area contributed by atoms with Gasteiger partial charge in [-0.3, -0.25) is 4.79 Å². The Morgan fingerprint density at radius 3 is 2.67 bits per heavy atom. The fourth-order valence-electron chi connectivity index (χ4n) is 2.38. The second-order valence-corrected chi connectivity index (χ2v) is 5.48. The summed E-state index contributed by atoms with van der Waals surface area (Å²) in [5.41, 5.74) is 1.71. The summed E-state index contributed by atoms with van der Waals surface area (Å²) >= 11 is 6.14. The van der Waals surface area contributed by atoms with Crippen LogP contribution in [0.15, 0.2) is 18.2 Å². The van der Waals surface area contributed by atoms with E-state index < -0.39 is 0 Å². The molecule has 0 aromatic heterocycles. The molecule has 0 aliphatic carbocycles. The molecule has 1 fully saturated rings. The van der Waals surface area contributed by atoms with Crippen LogP contribution in [0, 0.1) is 0 Å². The number of halogens is 1. The first-order valence-electron chi connectivity index (χ1n) is 6.21. The summed E-state index contributed by atoms with van der Waals surface area (Å²) < 4.78 is 0. The van der Waals surface area contributed by atoms with Gasteiger partial charge in [-0.15, -0.1) is 0 Å². The van der Waals surface area contributed by atoms with E-state index in [0.29, 0.717) is 16.6 Å². The molecule has 0 radical (unpaired) electrons. The van der Waals surface area contributed by atoms with Gasteiger partial charge in [-0.25, -0.2) is 0 Å². The molecule has 4 heteroatoms. The van der Waals surface area contributed by atoms with E-state index in [1.807, 2.05) is 18.2 Å². The van der Waals surface area contributed by atoms with Crippen LogP contribution < -0.4 is 4.90 Å². The third kappa shape index (κ3) is 2.68. The zero-order valence-electron chi connectivity index (χ0n) is 11.1. The number of hydrogen-bond acceptors (Lipinski definition) is 3. The van der Waals surface area contributed by atoms with Gasteiger partial charge in [0, 0.05) is 30.4 Å². The van der Waals surface area contributed by atoms with Gasteiger partial charge >= 0.3 is 0 Å². The van der Waals surface area contributed by atoms with Crippen LogP contribution in [0.25, 0.3) is 0 Å². The Kier molecular flexibility index (Phi) is 3.93. The van der Waals surface area contributed by atoms with Crippen LogP contribution in [-0.2, 0) is 0 Å². The smallest absolute Gasteiger partial charge is 0.161 e. The second-order valence-electron chi connectivity index (χ2n) is 5.07. The Hall–Kier alpha value is -1.06. The number of ketones is 1. The summed E-state index contributed by atoms with van der Waals surface area (Å²) in [7, 11) is 4.22. The monoisotopic (exact) mass is 266 g/mol. The van der Waals surface area contributed by atoms with E-state index in [4.69, 9.17) is 11.6 Å². The summed E-state index contributed by atoms with van der Waals surface area (Å²) in [5.74, 6) is 0.0131. The highest BCUT2D eigenvalue weighted by atomic mass is 35.5. The Morgan fingerprint density at radius 2 is 2.17 bits per heavy atom. The molecule has 1 saturated heterocycles. The van der Waals surface area contributed by atoms with E-state index in [-0.39, 0.29) is 5.78 Å². The van der Waals surface area contributed by atoms with E-state index in [1.54, 1.807) is 6.92 Å². The summed E-state index contributed by atoms with van der Waals surface area (Å²) in [5, 5.41) is 0.549. The Morgan fingerprint density at radius 1 is 1.44 bits per heavy atom. The number of rotatable bonds is 3. The summed E-state index contributed by atoms with van der Waals surface area (Å²) in [6.45, 7) is 3.60. The quantitative estimate of drug-likeness (QED) is 0.786. The summed E-state index contributed by atoms with van der Waals surface area (Å²) in [6, 6.07) is 6.30. The minimum atomic E-state index is 0.0131. The molecule has 0 amide bonds. The van der Waals surface area contributed by atoms with Gasteiger partial charge < -0.3 is 9.80 Å². The lowest BCUT2D eigenvalue weighted by Crippen LogP contribution is -2.31. The molecule has 1 aliphatic heterocycles. The van der Waals surface area contributed by atoms with Crippen molar-refractivity contribution in [2.45, 2.75) is 19.4 Å². The maximum Gasteiger partial charge on any atom is 0.161 e. The van der Waals surface area contributed by atoms with Gasteiger partial charge in [0.1, 0.15) is 0 Å². The predicted molar refractivity (Wildman–Crippen MR) is 75.8 cm³/mol.